The van der Waals surface area contributed by atoms with Crippen molar-refractivity contribution in [1.82, 2.24) is 0 Å². The third-order valence-electron chi connectivity index (χ3n) is 2.20. The Morgan fingerprint density at radius 1 is 1.31 bits per heavy atom. The highest BCUT2D eigenvalue weighted by Gasteiger charge is 2.21. The molecule has 0 fully saturated rings. The molecule has 0 heterocycles. The third kappa shape index (κ3) is 4.22. The zero-order valence-corrected chi connectivity index (χ0v) is 11.2. The van der Waals surface area contributed by atoms with Gasteiger partial charge in [0.1, 0.15) is 0 Å². The highest BCUT2D eigenvalue weighted by molar-refractivity contribution is 8.83. The number of rotatable bonds is 4. The van der Waals surface area contributed by atoms with Crippen LogP contribution in [-0.2, 0) is 14.3 Å². The summed E-state index contributed by atoms with van der Waals surface area (Å²) in [6, 6.07) is 0. The van der Waals surface area contributed by atoms with E-state index in [0.717, 1.165) is 36.2 Å². The summed E-state index contributed by atoms with van der Waals surface area (Å²) in [5.74, 6) is -0.214. The Hall–Kier alpha value is -0.420. The first-order valence-electron chi connectivity index (χ1n) is 5.39. The zero-order chi connectivity index (χ0) is 12.0. The number of hydrogen-bond acceptors (Lipinski definition) is 5. The van der Waals surface area contributed by atoms with E-state index in [9.17, 15) is 9.59 Å². The van der Waals surface area contributed by atoms with Gasteiger partial charge in [-0.05, 0) is 43.4 Å². The molecule has 5 heteroatoms. The number of carbonyl (C=O) groups excluding carboxylic acids is 2. The van der Waals surface area contributed by atoms with Crippen molar-refractivity contribution in [3.8, 4) is 0 Å². The van der Waals surface area contributed by atoms with E-state index < -0.39 is 0 Å². The smallest absolute Gasteiger partial charge is 0.334 e. The molecular weight excluding hydrogens is 244 g/mol. The van der Waals surface area contributed by atoms with Gasteiger partial charge in [-0.1, -0.05) is 10.8 Å². The molecule has 0 saturated carbocycles. The SMILES string of the molecule is CCOC(=O)C1=C(SSC(C)=O)CCCC1. The van der Waals surface area contributed by atoms with Gasteiger partial charge < -0.3 is 4.74 Å². The molecule has 0 radical (unpaired) electrons. The van der Waals surface area contributed by atoms with E-state index in [4.69, 9.17) is 4.74 Å². The minimum Gasteiger partial charge on any atom is -0.463 e. The van der Waals surface area contributed by atoms with E-state index in [1.807, 2.05) is 0 Å². The van der Waals surface area contributed by atoms with E-state index in [1.165, 1.54) is 28.5 Å². The fraction of sp³-hybridized carbons (Fsp3) is 0.636. The Balaban J connectivity index is 2.70. The summed E-state index contributed by atoms with van der Waals surface area (Å²) in [6.45, 7) is 3.74. The van der Waals surface area contributed by atoms with Crippen molar-refractivity contribution in [2.24, 2.45) is 0 Å². The van der Waals surface area contributed by atoms with Crippen molar-refractivity contribution in [2.45, 2.75) is 39.5 Å². The zero-order valence-electron chi connectivity index (χ0n) is 9.58. The molecule has 1 aliphatic carbocycles. The second kappa shape index (κ2) is 7.01. The lowest BCUT2D eigenvalue weighted by molar-refractivity contribution is -0.138. The van der Waals surface area contributed by atoms with Gasteiger partial charge in [0, 0.05) is 17.4 Å². The normalized spacial score (nSPS) is 16.1. The molecule has 0 atom stereocenters. The van der Waals surface area contributed by atoms with Crippen LogP contribution in [-0.4, -0.2) is 17.7 Å². The van der Waals surface area contributed by atoms with Crippen LogP contribution in [0.3, 0.4) is 0 Å². The van der Waals surface area contributed by atoms with Crippen LogP contribution in [0.4, 0.5) is 0 Å². The number of ether oxygens (including phenoxy) is 1. The summed E-state index contributed by atoms with van der Waals surface area (Å²) in [6.07, 6.45) is 3.78. The Labute approximate surface area is 104 Å². The van der Waals surface area contributed by atoms with E-state index in [1.54, 1.807) is 6.92 Å². The fourth-order valence-electron chi connectivity index (χ4n) is 1.51. The molecule has 90 valence electrons. The van der Waals surface area contributed by atoms with Gasteiger partial charge in [0.25, 0.3) is 0 Å². The highest BCUT2D eigenvalue weighted by atomic mass is 33.1. The molecule has 0 spiro atoms. The molecule has 0 N–H and O–H groups in total. The predicted octanol–water partition coefficient (Wildman–Crippen LogP) is 3.31. The van der Waals surface area contributed by atoms with Crippen molar-refractivity contribution in [3.05, 3.63) is 10.5 Å². The van der Waals surface area contributed by atoms with Crippen LogP contribution in [0.2, 0.25) is 0 Å². The van der Waals surface area contributed by atoms with E-state index >= 15 is 0 Å². The molecule has 3 nitrogen and oxygen atoms in total. The molecule has 0 aromatic rings. The molecule has 0 aromatic carbocycles. The molecule has 0 saturated heterocycles. The maximum Gasteiger partial charge on any atom is 0.334 e. The van der Waals surface area contributed by atoms with Gasteiger partial charge in [0.15, 0.2) is 5.12 Å². The monoisotopic (exact) mass is 260 g/mol. The average molecular weight is 260 g/mol. The van der Waals surface area contributed by atoms with Crippen molar-refractivity contribution in [1.29, 1.82) is 0 Å². The van der Waals surface area contributed by atoms with Gasteiger partial charge in [0.2, 0.25) is 0 Å². The summed E-state index contributed by atoms with van der Waals surface area (Å²) in [4.78, 5) is 23.6. The number of allylic oxidation sites excluding steroid dienone is 1. The molecule has 0 unspecified atom stereocenters. The van der Waals surface area contributed by atoms with Crippen LogP contribution < -0.4 is 0 Å². The molecule has 16 heavy (non-hydrogen) atoms. The van der Waals surface area contributed by atoms with Crippen molar-refractivity contribution >= 4 is 32.7 Å². The lowest BCUT2D eigenvalue weighted by Gasteiger charge is -2.17. The molecule has 0 bridgehead atoms. The summed E-state index contributed by atoms with van der Waals surface area (Å²) < 4.78 is 5.01. The number of carbonyl (C=O) groups is 2. The van der Waals surface area contributed by atoms with Gasteiger partial charge in [-0.3, -0.25) is 4.79 Å². The maximum atomic E-state index is 11.7. The Morgan fingerprint density at radius 3 is 2.62 bits per heavy atom. The molecule has 1 rings (SSSR count). The lowest BCUT2D eigenvalue weighted by atomic mass is 9.99. The largest absolute Gasteiger partial charge is 0.463 e. The van der Waals surface area contributed by atoms with Gasteiger partial charge in [-0.2, -0.15) is 0 Å². The lowest BCUT2D eigenvalue weighted by Crippen LogP contribution is -2.12. The molecule has 0 aromatic heterocycles. The second-order valence-electron chi connectivity index (χ2n) is 3.49. The number of esters is 1. The first kappa shape index (κ1) is 13.6. The van der Waals surface area contributed by atoms with Crippen molar-refractivity contribution in [3.63, 3.8) is 0 Å². The van der Waals surface area contributed by atoms with Gasteiger partial charge in [-0.25, -0.2) is 4.79 Å². The summed E-state index contributed by atoms with van der Waals surface area (Å²) in [7, 11) is 2.60. The van der Waals surface area contributed by atoms with Gasteiger partial charge in [0.05, 0.1) is 6.61 Å². The van der Waals surface area contributed by atoms with Gasteiger partial charge in [-0.15, -0.1) is 0 Å². The molecular formula is C11H16O3S2. The van der Waals surface area contributed by atoms with Crippen LogP contribution in [0.15, 0.2) is 10.5 Å². The van der Waals surface area contributed by atoms with Crippen LogP contribution in [0.5, 0.6) is 0 Å². The first-order chi connectivity index (χ1) is 7.65. The van der Waals surface area contributed by atoms with Crippen molar-refractivity contribution < 1.29 is 14.3 Å². The minimum absolute atomic E-state index is 0.0614. The highest BCUT2D eigenvalue weighted by Crippen LogP contribution is 2.40. The van der Waals surface area contributed by atoms with Crippen LogP contribution in [0, 0.1) is 0 Å². The Bertz CT molecular complexity index is 310. The van der Waals surface area contributed by atoms with E-state index in [0.29, 0.717) is 6.61 Å². The average Bonchev–Trinajstić information content (AvgIpc) is 2.27. The first-order valence-corrected chi connectivity index (χ1v) is 7.54. The Morgan fingerprint density at radius 2 is 2.00 bits per heavy atom. The fourth-order valence-corrected chi connectivity index (χ4v) is 3.45. The minimum atomic E-state index is -0.214. The topological polar surface area (TPSA) is 43.4 Å². The Kier molecular flexibility index (Phi) is 5.98. The quantitative estimate of drug-likeness (QED) is 0.573. The van der Waals surface area contributed by atoms with Crippen molar-refractivity contribution in [2.75, 3.05) is 6.61 Å². The maximum absolute atomic E-state index is 11.7. The summed E-state index contributed by atoms with van der Waals surface area (Å²) in [5, 5.41) is 0.0614. The summed E-state index contributed by atoms with van der Waals surface area (Å²) >= 11 is 0. The number of hydrogen-bond donors (Lipinski definition) is 0. The molecule has 1 aliphatic rings. The molecule has 0 amide bonds. The molecule has 0 aliphatic heterocycles. The van der Waals surface area contributed by atoms with Crippen LogP contribution >= 0.6 is 21.6 Å². The standard InChI is InChI=1S/C11H16O3S2/c1-3-14-11(13)9-6-4-5-7-10(9)16-15-8(2)12/h3-7H2,1-2H3. The third-order valence-corrected chi connectivity index (χ3v) is 4.73. The van der Waals surface area contributed by atoms with E-state index in [2.05, 4.69) is 0 Å². The predicted molar refractivity (Wildman–Crippen MR) is 68.0 cm³/mol. The van der Waals surface area contributed by atoms with Gasteiger partial charge >= 0.3 is 5.97 Å². The van der Waals surface area contributed by atoms with Crippen LogP contribution in [0.1, 0.15) is 39.5 Å². The summed E-state index contributed by atoms with van der Waals surface area (Å²) in [5.41, 5.74) is 0.770. The second-order valence-corrected chi connectivity index (χ2v) is 5.89. The van der Waals surface area contributed by atoms with E-state index in [-0.39, 0.29) is 11.1 Å². The van der Waals surface area contributed by atoms with Crippen LogP contribution in [0.25, 0.3) is 0 Å².